The lowest BCUT2D eigenvalue weighted by atomic mass is 10.0. The van der Waals surface area contributed by atoms with E-state index in [2.05, 4.69) is 24.5 Å². The SMILES string of the molecule is C.CC(CCC(=O)CCCC(=O)N(C)CC(=O)N(C)CC(=O)N(C)CC(=O)N(C)CC(=O)N(C)CC(=O)N(C)CC(=O)N(C)CC(=O)N(C)CC(=O)N(C)CC(=O)N(C)CC(=O)N[C@@H](C)C(=O)C(C)C)SSC(C)(C)CNC(=O)C(C)C. The Hall–Kier alpha value is -6.32. The van der Waals surface area contributed by atoms with Gasteiger partial charge in [0.15, 0.2) is 5.78 Å². The molecule has 0 spiro atoms. The zero-order valence-electron chi connectivity index (χ0n) is 51.1. The number of carbonyl (C=O) groups is 14. The number of hydrogen-bond acceptors (Lipinski definition) is 16. The number of rotatable bonds is 36. The summed E-state index contributed by atoms with van der Waals surface area (Å²) >= 11 is 0. The minimum Gasteiger partial charge on any atom is -0.354 e. The maximum Gasteiger partial charge on any atom is 0.242 e. The number of likely N-dealkylation sites (N-methyl/N-ethyl adjacent to an activating group) is 10. The van der Waals surface area contributed by atoms with Crippen LogP contribution in [0.4, 0.5) is 0 Å². The van der Waals surface area contributed by atoms with Gasteiger partial charge in [-0.1, -0.05) is 63.6 Å². The molecule has 28 heteroatoms. The van der Waals surface area contributed by atoms with Crippen molar-refractivity contribution in [1.29, 1.82) is 0 Å². The molecule has 0 radical (unpaired) electrons. The van der Waals surface area contributed by atoms with Crippen LogP contribution in [0.5, 0.6) is 0 Å². The zero-order chi connectivity index (χ0) is 62.8. The van der Waals surface area contributed by atoms with Crippen molar-refractivity contribution in [2.75, 3.05) is 142 Å². The van der Waals surface area contributed by atoms with Crippen molar-refractivity contribution in [3.63, 3.8) is 0 Å². The van der Waals surface area contributed by atoms with Gasteiger partial charge in [0.05, 0.1) is 71.5 Å². The molecule has 0 fully saturated rings. The van der Waals surface area contributed by atoms with Crippen LogP contribution < -0.4 is 10.6 Å². The molecular weight excluding hydrogens is 1100 g/mol. The van der Waals surface area contributed by atoms with Gasteiger partial charge >= 0.3 is 0 Å². The van der Waals surface area contributed by atoms with E-state index in [-0.39, 0.29) is 78.6 Å². The molecule has 468 valence electrons. The van der Waals surface area contributed by atoms with Gasteiger partial charge in [0.1, 0.15) is 5.78 Å². The Morgan fingerprint density at radius 3 is 0.988 bits per heavy atom. The van der Waals surface area contributed by atoms with Gasteiger partial charge in [-0.3, -0.25) is 67.1 Å². The molecule has 0 saturated heterocycles. The van der Waals surface area contributed by atoms with Crippen LogP contribution in [0.25, 0.3) is 0 Å². The quantitative estimate of drug-likeness (QED) is 0.0767. The second-order valence-electron chi connectivity index (χ2n) is 21.9. The van der Waals surface area contributed by atoms with Gasteiger partial charge in [-0.05, 0) is 33.6 Å². The Bertz CT molecular complexity index is 2250. The van der Waals surface area contributed by atoms with Crippen LogP contribution in [0.15, 0.2) is 0 Å². The molecule has 0 aliphatic carbocycles. The molecule has 0 aromatic carbocycles. The van der Waals surface area contributed by atoms with Crippen LogP contribution in [0.1, 0.15) is 94.9 Å². The maximum atomic E-state index is 13.0. The number of amides is 12. The summed E-state index contributed by atoms with van der Waals surface area (Å²) in [6.07, 6.45) is 1.63. The van der Waals surface area contributed by atoms with Crippen LogP contribution in [-0.2, 0) is 67.1 Å². The molecule has 1 unspecified atom stereocenters. The Morgan fingerprint density at radius 2 is 0.695 bits per heavy atom. The molecule has 82 heavy (non-hydrogen) atoms. The molecule has 2 N–H and O–H groups in total. The third kappa shape index (κ3) is 30.7. The zero-order valence-corrected chi connectivity index (χ0v) is 52.8. The second kappa shape index (κ2) is 37.7. The Labute approximate surface area is 494 Å². The average molecular weight is 1200 g/mol. The van der Waals surface area contributed by atoms with Gasteiger partial charge in [0.25, 0.3) is 0 Å². The van der Waals surface area contributed by atoms with E-state index in [1.165, 1.54) is 75.4 Å². The summed E-state index contributed by atoms with van der Waals surface area (Å²) in [5, 5.41) is 5.69. The number of hydrogen-bond donors (Lipinski definition) is 2. The first-order valence-electron chi connectivity index (χ1n) is 26.7. The lowest BCUT2D eigenvalue weighted by Crippen LogP contribution is -2.49. The van der Waals surface area contributed by atoms with Crippen LogP contribution in [-0.4, -0.2) is 290 Å². The second-order valence-corrected chi connectivity index (χ2v) is 25.2. The van der Waals surface area contributed by atoms with Crippen LogP contribution in [0.2, 0.25) is 0 Å². The van der Waals surface area contributed by atoms with E-state index < -0.39 is 117 Å². The summed E-state index contributed by atoms with van der Waals surface area (Å²) < 4.78 is -0.190. The molecule has 0 rings (SSSR count). The van der Waals surface area contributed by atoms with E-state index in [4.69, 9.17) is 0 Å². The van der Waals surface area contributed by atoms with Crippen molar-refractivity contribution in [3.8, 4) is 0 Å². The number of nitrogens with zero attached hydrogens (tertiary/aromatic N) is 10. The molecule has 26 nitrogen and oxygen atoms in total. The first-order chi connectivity index (χ1) is 37.3. The predicted molar refractivity (Wildman–Crippen MR) is 315 cm³/mol. The molecule has 12 amide bonds. The van der Waals surface area contributed by atoms with E-state index in [0.29, 0.717) is 25.8 Å². The summed E-state index contributed by atoms with van der Waals surface area (Å²) in [4.78, 5) is 189. The maximum absolute atomic E-state index is 13.0. The highest BCUT2D eigenvalue weighted by Gasteiger charge is 2.28. The molecule has 0 aromatic rings. The third-order valence-electron chi connectivity index (χ3n) is 12.7. The van der Waals surface area contributed by atoms with E-state index >= 15 is 0 Å². The lowest BCUT2D eigenvalue weighted by Gasteiger charge is -2.27. The van der Waals surface area contributed by atoms with Gasteiger partial charge in [-0.2, -0.15) is 0 Å². The highest BCUT2D eigenvalue weighted by molar-refractivity contribution is 8.77. The summed E-state index contributed by atoms with van der Waals surface area (Å²) in [6.45, 7) is 11.1. The molecule has 2 atom stereocenters. The number of Topliss-reactive ketones (excluding diaryl/α,β-unsaturated/α-hetero) is 2. The normalized spacial score (nSPS) is 11.7. The van der Waals surface area contributed by atoms with Gasteiger partial charge in [-0.15, -0.1) is 0 Å². The summed E-state index contributed by atoms with van der Waals surface area (Å²) in [5.41, 5.74) is 0. The molecule has 0 saturated carbocycles. The molecule has 0 aliphatic rings. The van der Waals surface area contributed by atoms with Crippen molar-refractivity contribution in [3.05, 3.63) is 0 Å². The average Bonchev–Trinajstić information content (AvgIpc) is 3.37. The van der Waals surface area contributed by atoms with E-state index in [1.54, 1.807) is 42.4 Å². The van der Waals surface area contributed by atoms with E-state index in [0.717, 1.165) is 44.1 Å². The fourth-order valence-corrected chi connectivity index (χ4v) is 9.29. The summed E-state index contributed by atoms with van der Waals surface area (Å²) in [5.74, 6) is -6.89. The van der Waals surface area contributed by atoms with Crippen LogP contribution in [0, 0.1) is 11.8 Å². The van der Waals surface area contributed by atoms with Crippen molar-refractivity contribution in [1.82, 2.24) is 59.6 Å². The highest BCUT2D eigenvalue weighted by Crippen LogP contribution is 2.39. The Balaban J connectivity index is 0. The topological polar surface area (TPSA) is 295 Å². The molecule has 0 bridgehead atoms. The lowest BCUT2D eigenvalue weighted by molar-refractivity contribution is -0.146. The molecule has 0 aromatic heterocycles. The third-order valence-corrected chi connectivity index (χ3v) is 16.6. The number of ketones is 2. The predicted octanol–water partition coefficient (Wildman–Crippen LogP) is -0.223. The Kier molecular flexibility index (Phi) is 35.8. The van der Waals surface area contributed by atoms with E-state index in [9.17, 15) is 67.1 Å². The first-order valence-corrected chi connectivity index (χ1v) is 28.9. The Morgan fingerprint density at radius 1 is 0.402 bits per heavy atom. The number of carbonyl (C=O) groups excluding carboxylic acids is 14. The monoisotopic (exact) mass is 1200 g/mol. The minimum absolute atomic E-state index is 0. The summed E-state index contributed by atoms with van der Waals surface area (Å²) in [7, 11) is 16.8. The number of nitrogens with one attached hydrogen (secondary N) is 2. The van der Waals surface area contributed by atoms with Crippen molar-refractivity contribution < 1.29 is 67.1 Å². The van der Waals surface area contributed by atoms with Crippen LogP contribution >= 0.6 is 21.6 Å². The minimum atomic E-state index is -0.740. The fourth-order valence-electron chi connectivity index (χ4n) is 6.78. The highest BCUT2D eigenvalue weighted by atomic mass is 33.1. The van der Waals surface area contributed by atoms with Gasteiger partial charge in [0.2, 0.25) is 70.9 Å². The summed E-state index contributed by atoms with van der Waals surface area (Å²) in [6, 6.07) is -0.740. The van der Waals surface area contributed by atoms with Crippen molar-refractivity contribution in [2.45, 2.75) is 111 Å². The molecule has 0 heterocycles. The largest absolute Gasteiger partial charge is 0.354 e. The van der Waals surface area contributed by atoms with Gasteiger partial charge in [-0.25, -0.2) is 0 Å². The van der Waals surface area contributed by atoms with E-state index in [1.807, 2.05) is 20.8 Å². The first kappa shape index (κ1) is 77.7. The smallest absolute Gasteiger partial charge is 0.242 e. The van der Waals surface area contributed by atoms with Crippen molar-refractivity contribution in [2.24, 2.45) is 11.8 Å². The van der Waals surface area contributed by atoms with Crippen LogP contribution in [0.3, 0.4) is 0 Å². The van der Waals surface area contributed by atoms with Gasteiger partial charge < -0.3 is 59.6 Å². The van der Waals surface area contributed by atoms with Crippen molar-refractivity contribution >= 4 is 104 Å². The molecule has 0 aliphatic heterocycles. The standard InChI is InChI=1S/C53H92N12O14S2.CH4/c1-35(2)51(78)38(6)55-40(67)24-56(9)42(69)26-58(11)44(71)28-60(13)46(73)30-62(15)48(75)32-64(17)50(77)33-65(18)49(76)31-63(16)47(74)29-61(14)45(72)27-59(12)43(70)25-57(10)41(68)21-19-20-39(66)23-22-37(5)80-81-53(7,8)34-54-52(79)36(3)4;/h35-38H,19-34H2,1-18H3,(H,54,79)(H,55,67);1H4/t37?,38-;/m0./s1. The molecular formula is C54H96N12O14S2. The fraction of sp³-hybridized carbons (Fsp3) is 0.741. The van der Waals surface area contributed by atoms with Gasteiger partial charge in [0, 0.05) is 118 Å².